The minimum Gasteiger partial charge on any atom is -0.329 e. The van der Waals surface area contributed by atoms with Gasteiger partial charge in [-0.25, -0.2) is 9.18 Å². The van der Waals surface area contributed by atoms with Crippen LogP contribution in [0.3, 0.4) is 0 Å². The molecule has 0 fully saturated rings. The number of anilines is 3. The Hall–Kier alpha value is -4.41. The fourth-order valence-corrected chi connectivity index (χ4v) is 2.79. The van der Waals surface area contributed by atoms with Crippen molar-refractivity contribution in [1.29, 1.82) is 0 Å². The van der Waals surface area contributed by atoms with Crippen LogP contribution in [-0.2, 0) is 11.0 Å². The second-order valence-corrected chi connectivity index (χ2v) is 6.98. The highest BCUT2D eigenvalue weighted by Crippen LogP contribution is 2.30. The minimum absolute atomic E-state index is 0.0388. The lowest BCUT2D eigenvalue weighted by molar-refractivity contribution is -0.137. The van der Waals surface area contributed by atoms with Crippen molar-refractivity contribution in [1.82, 2.24) is 5.32 Å². The summed E-state index contributed by atoms with van der Waals surface area (Å²) in [6.07, 6.45) is -4.55. The van der Waals surface area contributed by atoms with Gasteiger partial charge in [0.25, 0.3) is 5.91 Å². The largest absolute Gasteiger partial charge is 0.416 e. The maximum atomic E-state index is 12.9. The molecule has 0 aliphatic carbocycles. The van der Waals surface area contributed by atoms with Crippen molar-refractivity contribution in [3.8, 4) is 0 Å². The Morgan fingerprint density at radius 3 is 2.06 bits per heavy atom. The quantitative estimate of drug-likeness (QED) is 0.384. The Bertz CT molecular complexity index is 1200. The second-order valence-electron chi connectivity index (χ2n) is 6.98. The van der Waals surface area contributed by atoms with E-state index < -0.39 is 35.4 Å². The van der Waals surface area contributed by atoms with E-state index in [-0.39, 0.29) is 23.5 Å². The van der Waals surface area contributed by atoms with E-state index >= 15 is 0 Å². The van der Waals surface area contributed by atoms with Gasteiger partial charge < -0.3 is 21.3 Å². The van der Waals surface area contributed by atoms with Crippen LogP contribution in [0.4, 0.5) is 39.4 Å². The zero-order chi connectivity index (χ0) is 24.7. The molecule has 3 aromatic rings. The van der Waals surface area contributed by atoms with Crippen molar-refractivity contribution in [3.05, 3.63) is 89.7 Å². The van der Waals surface area contributed by atoms with Gasteiger partial charge in [-0.2, -0.15) is 13.2 Å². The second kappa shape index (κ2) is 10.5. The zero-order valence-corrected chi connectivity index (χ0v) is 17.4. The summed E-state index contributed by atoms with van der Waals surface area (Å²) in [7, 11) is 0. The highest BCUT2D eigenvalue weighted by Gasteiger charge is 2.30. The van der Waals surface area contributed by atoms with E-state index in [1.807, 2.05) is 0 Å². The van der Waals surface area contributed by atoms with Crippen molar-refractivity contribution < 1.29 is 31.9 Å². The summed E-state index contributed by atoms with van der Waals surface area (Å²) >= 11 is 0. The first-order valence-corrected chi connectivity index (χ1v) is 9.79. The molecule has 0 bridgehead atoms. The van der Waals surface area contributed by atoms with Crippen LogP contribution in [-0.4, -0.2) is 24.4 Å². The molecule has 0 aliphatic heterocycles. The van der Waals surface area contributed by atoms with Gasteiger partial charge in [-0.05, 0) is 60.7 Å². The molecular formula is C23H18F4N4O3. The Morgan fingerprint density at radius 2 is 1.38 bits per heavy atom. The van der Waals surface area contributed by atoms with Gasteiger partial charge >= 0.3 is 12.2 Å². The summed E-state index contributed by atoms with van der Waals surface area (Å²) in [5.74, 6) is -1.68. The maximum Gasteiger partial charge on any atom is 0.416 e. The van der Waals surface area contributed by atoms with Crippen molar-refractivity contribution in [2.24, 2.45) is 0 Å². The summed E-state index contributed by atoms with van der Waals surface area (Å²) in [5.41, 5.74) is -0.283. The molecule has 0 unspecified atom stereocenters. The molecule has 3 rings (SSSR count). The summed E-state index contributed by atoms with van der Waals surface area (Å²) in [4.78, 5) is 36.4. The topological polar surface area (TPSA) is 99.3 Å². The molecule has 11 heteroatoms. The predicted octanol–water partition coefficient (Wildman–Crippen LogP) is 4.86. The van der Waals surface area contributed by atoms with Crippen molar-refractivity contribution in [2.75, 3.05) is 22.5 Å². The van der Waals surface area contributed by atoms with E-state index in [1.54, 1.807) is 0 Å². The lowest BCUT2D eigenvalue weighted by atomic mass is 10.1. The summed E-state index contributed by atoms with van der Waals surface area (Å²) in [5, 5.41) is 9.63. The van der Waals surface area contributed by atoms with E-state index in [0.717, 1.165) is 12.1 Å². The molecular weight excluding hydrogens is 456 g/mol. The van der Waals surface area contributed by atoms with Gasteiger partial charge in [-0.3, -0.25) is 9.59 Å². The van der Waals surface area contributed by atoms with Crippen LogP contribution in [0, 0.1) is 5.82 Å². The molecule has 176 valence electrons. The maximum absolute atomic E-state index is 12.9. The Balaban J connectivity index is 1.54. The van der Waals surface area contributed by atoms with E-state index in [4.69, 9.17) is 0 Å². The lowest BCUT2D eigenvalue weighted by Gasteiger charge is -2.11. The van der Waals surface area contributed by atoms with Crippen LogP contribution in [0.15, 0.2) is 72.8 Å². The number of rotatable bonds is 6. The number of amides is 4. The van der Waals surface area contributed by atoms with E-state index in [1.165, 1.54) is 60.7 Å². The average molecular weight is 474 g/mol. The molecule has 0 atom stereocenters. The average Bonchev–Trinajstić information content (AvgIpc) is 2.79. The number of hydrogen-bond acceptors (Lipinski definition) is 3. The molecule has 34 heavy (non-hydrogen) atoms. The van der Waals surface area contributed by atoms with Gasteiger partial charge in [-0.15, -0.1) is 0 Å². The summed E-state index contributed by atoms with van der Waals surface area (Å²) in [6.45, 7) is -0.376. The van der Waals surface area contributed by atoms with Crippen LogP contribution < -0.4 is 21.3 Å². The van der Waals surface area contributed by atoms with Gasteiger partial charge in [0.1, 0.15) is 5.82 Å². The van der Waals surface area contributed by atoms with E-state index in [0.29, 0.717) is 5.69 Å². The number of halogens is 4. The molecule has 4 N–H and O–H groups in total. The number of carbonyl (C=O) groups excluding carboxylic acids is 3. The van der Waals surface area contributed by atoms with Gasteiger partial charge in [0.15, 0.2) is 0 Å². The first-order chi connectivity index (χ1) is 16.1. The number of alkyl halides is 3. The highest BCUT2D eigenvalue weighted by molar-refractivity contribution is 6.05. The molecule has 7 nitrogen and oxygen atoms in total. The smallest absolute Gasteiger partial charge is 0.329 e. The van der Waals surface area contributed by atoms with Crippen molar-refractivity contribution in [2.45, 2.75) is 6.18 Å². The molecule has 0 radical (unpaired) electrons. The summed E-state index contributed by atoms with van der Waals surface area (Å²) in [6, 6.07) is 14.2. The van der Waals surface area contributed by atoms with E-state index in [9.17, 15) is 31.9 Å². The molecule has 0 aromatic heterocycles. The van der Waals surface area contributed by atoms with Crippen molar-refractivity contribution >= 4 is 34.9 Å². The number of nitrogens with one attached hydrogen (secondary N) is 4. The molecule has 3 aromatic carbocycles. The van der Waals surface area contributed by atoms with Gasteiger partial charge in [-0.1, -0.05) is 12.1 Å². The lowest BCUT2D eigenvalue weighted by Crippen LogP contribution is -2.35. The standard InChI is InChI=1S/C23H18F4N4O3/c24-16-7-9-17(10-8-16)29-20(32)13-28-22(34)31-18-5-1-3-14(11-18)21(33)30-19-6-2-4-15(12-19)23(25,26)27/h1-12H,13H2,(H,29,32)(H,30,33)(H2,28,31,34). The molecule has 0 spiro atoms. The van der Waals surface area contributed by atoms with Crippen molar-refractivity contribution in [3.63, 3.8) is 0 Å². The summed E-state index contributed by atoms with van der Waals surface area (Å²) < 4.78 is 51.4. The monoisotopic (exact) mass is 474 g/mol. The normalized spacial score (nSPS) is 10.8. The minimum atomic E-state index is -4.55. The van der Waals surface area contributed by atoms with Crippen LogP contribution in [0.25, 0.3) is 0 Å². The van der Waals surface area contributed by atoms with Gasteiger partial charge in [0, 0.05) is 22.6 Å². The first kappa shape index (κ1) is 24.2. The third-order valence-electron chi connectivity index (χ3n) is 4.37. The molecule has 0 saturated heterocycles. The van der Waals surface area contributed by atoms with Crippen LogP contribution in [0.1, 0.15) is 15.9 Å². The van der Waals surface area contributed by atoms with Crippen LogP contribution in [0.2, 0.25) is 0 Å². The molecule has 4 amide bonds. The van der Waals surface area contributed by atoms with Gasteiger partial charge in [0.2, 0.25) is 5.91 Å². The Labute approximate surface area is 191 Å². The molecule has 0 aliphatic rings. The number of hydrogen-bond donors (Lipinski definition) is 4. The SMILES string of the molecule is O=C(CNC(=O)Nc1cccc(C(=O)Nc2cccc(C(F)(F)F)c2)c1)Nc1ccc(F)cc1. The number of benzene rings is 3. The first-order valence-electron chi connectivity index (χ1n) is 9.79. The number of urea groups is 1. The van der Waals surface area contributed by atoms with Crippen LogP contribution >= 0.6 is 0 Å². The zero-order valence-electron chi connectivity index (χ0n) is 17.4. The molecule has 0 saturated carbocycles. The Kier molecular flexibility index (Phi) is 7.46. The Morgan fingerprint density at radius 1 is 0.735 bits per heavy atom. The fourth-order valence-electron chi connectivity index (χ4n) is 2.79. The van der Waals surface area contributed by atoms with Crippen LogP contribution in [0.5, 0.6) is 0 Å². The van der Waals surface area contributed by atoms with E-state index in [2.05, 4.69) is 21.3 Å². The number of carbonyl (C=O) groups is 3. The third kappa shape index (κ3) is 7.05. The highest BCUT2D eigenvalue weighted by atomic mass is 19.4. The predicted molar refractivity (Wildman–Crippen MR) is 118 cm³/mol. The third-order valence-corrected chi connectivity index (χ3v) is 4.37. The van der Waals surface area contributed by atoms with Gasteiger partial charge in [0.05, 0.1) is 12.1 Å². The fraction of sp³-hybridized carbons (Fsp3) is 0.0870. The molecule has 0 heterocycles.